The van der Waals surface area contributed by atoms with Crippen LogP contribution in [-0.4, -0.2) is 46.5 Å². The zero-order chi connectivity index (χ0) is 22.1. The van der Waals surface area contributed by atoms with Crippen molar-refractivity contribution in [1.29, 1.82) is 0 Å². The lowest BCUT2D eigenvalue weighted by molar-refractivity contribution is 0.122. The van der Waals surface area contributed by atoms with Gasteiger partial charge in [-0.3, -0.25) is 15.1 Å². The van der Waals surface area contributed by atoms with E-state index in [0.29, 0.717) is 21.4 Å². The fourth-order valence-electron chi connectivity index (χ4n) is 3.87. The van der Waals surface area contributed by atoms with Gasteiger partial charge in [-0.25, -0.2) is 0 Å². The zero-order valence-corrected chi connectivity index (χ0v) is 18.9. The molecular formula is C23H21Cl2N5O2. The summed E-state index contributed by atoms with van der Waals surface area (Å²) in [5, 5.41) is 9.43. The maximum absolute atomic E-state index is 6.28. The first-order chi connectivity index (χ1) is 15.6. The minimum Gasteiger partial charge on any atom is -0.486 e. The minimum absolute atomic E-state index is 0.350. The standard InChI is InChI=1S/C23H21Cl2N5O2/c1-14(22-18(24)12-26-13-19(22)25)32-16-3-5-20-17(10-16)23(29-28-20)21-4-2-15(11-27-21)30-6-8-31-9-7-30/h2-5,10-14H,6-9H2,1H3,(H,28,29)/t14-/m1/s1. The number of ether oxygens (including phenoxy) is 2. The van der Waals surface area contributed by atoms with Gasteiger partial charge in [-0.05, 0) is 37.3 Å². The second kappa shape index (κ2) is 8.94. The van der Waals surface area contributed by atoms with Crippen molar-refractivity contribution in [3.05, 3.63) is 64.5 Å². The van der Waals surface area contributed by atoms with E-state index in [1.807, 2.05) is 37.4 Å². The molecule has 164 valence electrons. The van der Waals surface area contributed by atoms with Gasteiger partial charge in [-0.2, -0.15) is 5.10 Å². The molecule has 32 heavy (non-hydrogen) atoms. The van der Waals surface area contributed by atoms with E-state index < -0.39 is 0 Å². The number of benzene rings is 1. The van der Waals surface area contributed by atoms with Crippen LogP contribution in [0.15, 0.2) is 48.9 Å². The van der Waals surface area contributed by atoms with Gasteiger partial charge in [-0.1, -0.05) is 23.2 Å². The molecule has 0 saturated carbocycles. The number of nitrogens with one attached hydrogen (secondary N) is 1. The molecule has 1 aliphatic heterocycles. The van der Waals surface area contributed by atoms with Gasteiger partial charge in [0.15, 0.2) is 0 Å². The molecule has 0 spiro atoms. The summed E-state index contributed by atoms with van der Waals surface area (Å²) in [5.41, 5.74) is 4.25. The van der Waals surface area contributed by atoms with E-state index in [2.05, 4.69) is 31.1 Å². The summed E-state index contributed by atoms with van der Waals surface area (Å²) in [6.45, 7) is 5.12. The summed E-state index contributed by atoms with van der Waals surface area (Å²) in [7, 11) is 0. The summed E-state index contributed by atoms with van der Waals surface area (Å²) < 4.78 is 11.6. The second-order valence-electron chi connectivity index (χ2n) is 7.56. The van der Waals surface area contributed by atoms with Crippen molar-refractivity contribution in [2.45, 2.75) is 13.0 Å². The molecule has 4 aromatic rings. The van der Waals surface area contributed by atoms with E-state index in [0.717, 1.165) is 54.3 Å². The number of hydrogen-bond acceptors (Lipinski definition) is 6. The molecule has 4 heterocycles. The molecule has 0 unspecified atom stereocenters. The number of rotatable bonds is 5. The number of halogens is 2. The van der Waals surface area contributed by atoms with Gasteiger partial charge in [0.05, 0.1) is 46.4 Å². The highest BCUT2D eigenvalue weighted by Gasteiger charge is 2.18. The number of aromatic nitrogens is 4. The Bertz CT molecular complexity index is 1220. The van der Waals surface area contributed by atoms with Crippen LogP contribution in [0.5, 0.6) is 5.75 Å². The van der Waals surface area contributed by atoms with Gasteiger partial charge in [0, 0.05) is 36.4 Å². The first-order valence-electron chi connectivity index (χ1n) is 10.3. The van der Waals surface area contributed by atoms with Gasteiger partial charge < -0.3 is 14.4 Å². The number of morpholine rings is 1. The zero-order valence-electron chi connectivity index (χ0n) is 17.4. The van der Waals surface area contributed by atoms with Crippen LogP contribution in [0.1, 0.15) is 18.6 Å². The molecule has 5 rings (SSSR count). The lowest BCUT2D eigenvalue weighted by atomic mass is 10.1. The Labute approximate surface area is 195 Å². The predicted octanol–water partition coefficient (Wildman–Crippen LogP) is 5.30. The third-order valence-electron chi connectivity index (χ3n) is 5.51. The van der Waals surface area contributed by atoms with Crippen molar-refractivity contribution >= 4 is 39.8 Å². The van der Waals surface area contributed by atoms with E-state index in [-0.39, 0.29) is 6.10 Å². The summed E-state index contributed by atoms with van der Waals surface area (Å²) in [6.07, 6.45) is 4.66. The normalized spacial score (nSPS) is 15.2. The highest BCUT2D eigenvalue weighted by atomic mass is 35.5. The third kappa shape index (κ3) is 4.11. The Morgan fingerprint density at radius 2 is 1.84 bits per heavy atom. The van der Waals surface area contributed by atoms with Crippen LogP contribution < -0.4 is 9.64 Å². The number of aromatic amines is 1. The summed E-state index contributed by atoms with van der Waals surface area (Å²) >= 11 is 12.6. The van der Waals surface area contributed by atoms with Crippen LogP contribution in [0, 0.1) is 0 Å². The number of anilines is 1. The number of hydrogen-bond donors (Lipinski definition) is 1. The van der Waals surface area contributed by atoms with E-state index in [1.54, 1.807) is 12.4 Å². The van der Waals surface area contributed by atoms with Crippen LogP contribution >= 0.6 is 23.2 Å². The number of fused-ring (bicyclic) bond motifs is 1. The molecule has 3 aromatic heterocycles. The molecule has 0 amide bonds. The topological polar surface area (TPSA) is 76.2 Å². The smallest absolute Gasteiger partial charge is 0.124 e. The van der Waals surface area contributed by atoms with Crippen LogP contribution in [-0.2, 0) is 4.74 Å². The van der Waals surface area contributed by atoms with Crippen LogP contribution in [0.2, 0.25) is 10.0 Å². The average Bonchev–Trinajstić information content (AvgIpc) is 3.23. The van der Waals surface area contributed by atoms with Crippen molar-refractivity contribution in [1.82, 2.24) is 20.2 Å². The lowest BCUT2D eigenvalue weighted by Crippen LogP contribution is -2.36. The Hall–Kier alpha value is -2.87. The maximum atomic E-state index is 6.28. The molecule has 1 saturated heterocycles. The summed E-state index contributed by atoms with van der Waals surface area (Å²) in [6, 6.07) is 9.84. The van der Waals surface area contributed by atoms with Gasteiger partial charge in [0.2, 0.25) is 0 Å². The molecule has 1 atom stereocenters. The van der Waals surface area contributed by atoms with Crippen molar-refractivity contribution < 1.29 is 9.47 Å². The molecule has 9 heteroatoms. The van der Waals surface area contributed by atoms with Gasteiger partial charge in [0.25, 0.3) is 0 Å². The number of nitrogens with zero attached hydrogens (tertiary/aromatic N) is 4. The molecule has 1 N–H and O–H groups in total. The van der Waals surface area contributed by atoms with E-state index >= 15 is 0 Å². The maximum Gasteiger partial charge on any atom is 0.124 e. The van der Waals surface area contributed by atoms with Gasteiger partial charge in [0.1, 0.15) is 17.5 Å². The fourth-order valence-corrected chi connectivity index (χ4v) is 4.54. The molecule has 1 aromatic carbocycles. The summed E-state index contributed by atoms with van der Waals surface area (Å²) in [5.74, 6) is 0.682. The molecule has 7 nitrogen and oxygen atoms in total. The van der Waals surface area contributed by atoms with Crippen molar-refractivity contribution in [2.24, 2.45) is 0 Å². The number of H-pyrrole nitrogens is 1. The Morgan fingerprint density at radius 3 is 2.56 bits per heavy atom. The third-order valence-corrected chi connectivity index (χ3v) is 6.11. The highest BCUT2D eigenvalue weighted by Crippen LogP contribution is 2.34. The second-order valence-corrected chi connectivity index (χ2v) is 8.37. The van der Waals surface area contributed by atoms with Crippen molar-refractivity contribution in [3.63, 3.8) is 0 Å². The van der Waals surface area contributed by atoms with Gasteiger partial charge in [-0.15, -0.1) is 0 Å². The Balaban J connectivity index is 1.41. The molecular weight excluding hydrogens is 449 g/mol. The predicted molar refractivity (Wildman–Crippen MR) is 126 cm³/mol. The Morgan fingerprint density at radius 1 is 1.06 bits per heavy atom. The van der Waals surface area contributed by atoms with Crippen LogP contribution in [0.25, 0.3) is 22.3 Å². The van der Waals surface area contributed by atoms with Gasteiger partial charge >= 0.3 is 0 Å². The molecule has 1 fully saturated rings. The van der Waals surface area contributed by atoms with E-state index in [9.17, 15) is 0 Å². The van der Waals surface area contributed by atoms with E-state index in [1.165, 1.54) is 0 Å². The van der Waals surface area contributed by atoms with Crippen molar-refractivity contribution in [2.75, 3.05) is 31.2 Å². The van der Waals surface area contributed by atoms with E-state index in [4.69, 9.17) is 32.7 Å². The largest absolute Gasteiger partial charge is 0.486 e. The minimum atomic E-state index is -0.350. The number of pyridine rings is 2. The van der Waals surface area contributed by atoms with Crippen molar-refractivity contribution in [3.8, 4) is 17.1 Å². The molecule has 0 radical (unpaired) electrons. The quantitative estimate of drug-likeness (QED) is 0.427. The summed E-state index contributed by atoms with van der Waals surface area (Å²) in [4.78, 5) is 10.9. The first-order valence-corrected chi connectivity index (χ1v) is 11.1. The fraction of sp³-hybridized carbons (Fsp3) is 0.261. The lowest BCUT2D eigenvalue weighted by Gasteiger charge is -2.28. The molecule has 1 aliphatic rings. The van der Waals surface area contributed by atoms with Crippen LogP contribution in [0.4, 0.5) is 5.69 Å². The average molecular weight is 470 g/mol. The highest BCUT2D eigenvalue weighted by molar-refractivity contribution is 6.35. The molecule has 0 aliphatic carbocycles. The molecule has 0 bridgehead atoms. The SMILES string of the molecule is C[C@@H](Oc1ccc2[nH]nc(-c3ccc(N4CCOCC4)cn3)c2c1)c1c(Cl)cncc1Cl. The van der Waals surface area contributed by atoms with Crippen LogP contribution in [0.3, 0.4) is 0 Å². The monoisotopic (exact) mass is 469 g/mol. The first kappa shape index (κ1) is 21.0. The Kier molecular flexibility index (Phi) is 5.87.